The highest BCUT2D eigenvalue weighted by molar-refractivity contribution is 5.96. The van der Waals surface area contributed by atoms with E-state index in [-0.39, 0.29) is 18.5 Å². The van der Waals surface area contributed by atoms with E-state index in [4.69, 9.17) is 9.26 Å². The molecular formula is C24H27N7O3. The first-order chi connectivity index (χ1) is 16.7. The fourth-order valence-corrected chi connectivity index (χ4v) is 4.08. The molecule has 34 heavy (non-hydrogen) atoms. The molecule has 5 rings (SSSR count). The van der Waals surface area contributed by atoms with Crippen molar-refractivity contribution in [1.82, 2.24) is 30.2 Å². The number of benzene rings is 1. The van der Waals surface area contributed by atoms with Crippen LogP contribution in [0.3, 0.4) is 0 Å². The molecule has 1 saturated heterocycles. The van der Waals surface area contributed by atoms with Crippen LogP contribution in [-0.2, 0) is 29.0 Å². The molecule has 2 N–H and O–H groups in total. The van der Waals surface area contributed by atoms with Crippen molar-refractivity contribution in [3.05, 3.63) is 54.1 Å². The second kappa shape index (κ2) is 10.0. The first-order valence-corrected chi connectivity index (χ1v) is 11.5. The molecule has 0 bridgehead atoms. The predicted octanol–water partition coefficient (Wildman–Crippen LogP) is 2.95. The van der Waals surface area contributed by atoms with E-state index in [9.17, 15) is 4.79 Å². The third-order valence-electron chi connectivity index (χ3n) is 5.89. The summed E-state index contributed by atoms with van der Waals surface area (Å²) in [6, 6.07) is 9.85. The molecule has 0 radical (unpaired) electrons. The summed E-state index contributed by atoms with van der Waals surface area (Å²) >= 11 is 0. The summed E-state index contributed by atoms with van der Waals surface area (Å²) in [6.45, 7) is 4.39. The van der Waals surface area contributed by atoms with Gasteiger partial charge in [0.15, 0.2) is 11.5 Å². The van der Waals surface area contributed by atoms with Gasteiger partial charge in [-0.15, -0.1) is 0 Å². The average Bonchev–Trinajstić information content (AvgIpc) is 3.51. The highest BCUT2D eigenvalue weighted by atomic mass is 16.5. The summed E-state index contributed by atoms with van der Waals surface area (Å²) in [5.41, 5.74) is 3.34. The van der Waals surface area contributed by atoms with Crippen molar-refractivity contribution in [2.24, 2.45) is 0 Å². The second-order valence-electron chi connectivity index (χ2n) is 8.23. The van der Waals surface area contributed by atoms with Gasteiger partial charge in [0.1, 0.15) is 0 Å². The first-order valence-electron chi connectivity index (χ1n) is 11.5. The molecule has 1 aliphatic heterocycles. The Morgan fingerprint density at radius 2 is 2.00 bits per heavy atom. The molecule has 1 aliphatic rings. The number of aromatic nitrogens is 5. The third-order valence-corrected chi connectivity index (χ3v) is 5.89. The Kier molecular flexibility index (Phi) is 6.48. The Morgan fingerprint density at radius 1 is 1.18 bits per heavy atom. The van der Waals surface area contributed by atoms with Gasteiger partial charge >= 0.3 is 0 Å². The van der Waals surface area contributed by atoms with Gasteiger partial charge in [0, 0.05) is 32.0 Å². The molecule has 10 heteroatoms. The number of ether oxygens (including phenoxy) is 1. The van der Waals surface area contributed by atoms with E-state index >= 15 is 0 Å². The van der Waals surface area contributed by atoms with Crippen LogP contribution in [0.1, 0.15) is 31.2 Å². The lowest BCUT2D eigenvalue weighted by Gasteiger charge is -2.25. The first kappa shape index (κ1) is 22.0. The van der Waals surface area contributed by atoms with Crippen LogP contribution in [0.15, 0.2) is 47.2 Å². The van der Waals surface area contributed by atoms with E-state index in [0.29, 0.717) is 23.7 Å². The third kappa shape index (κ3) is 4.76. The zero-order valence-electron chi connectivity index (χ0n) is 19.0. The minimum Gasteiger partial charge on any atom is -0.381 e. The number of carbonyl (C=O) groups excluding carboxylic acids is 1. The number of nitrogens with zero attached hydrogens (tertiary/aromatic N) is 5. The number of amides is 1. The maximum absolute atomic E-state index is 12.3. The van der Waals surface area contributed by atoms with Crippen LogP contribution in [0, 0.1) is 0 Å². The standard InChI is InChI=1S/C24H27N7O3/c1-2-31-23-18(14-27-31)22(28-17-8-10-33-11-9-17)19(13-26-23)24-29-20(30-34-24)15-25-21(32)12-16-6-4-3-5-7-16/h3-7,13-14,17H,2,8-12,15H2,1H3,(H,25,32)(H,26,28). The van der Waals surface area contributed by atoms with Gasteiger partial charge in [-0.05, 0) is 25.3 Å². The Bertz CT molecular complexity index is 1260. The van der Waals surface area contributed by atoms with Crippen molar-refractivity contribution in [3.8, 4) is 11.5 Å². The predicted molar refractivity (Wildman–Crippen MR) is 126 cm³/mol. The van der Waals surface area contributed by atoms with Gasteiger partial charge in [-0.2, -0.15) is 10.1 Å². The molecule has 1 aromatic carbocycles. The zero-order valence-corrected chi connectivity index (χ0v) is 19.0. The Balaban J connectivity index is 1.36. The van der Waals surface area contributed by atoms with E-state index in [1.165, 1.54) is 0 Å². The maximum Gasteiger partial charge on any atom is 0.261 e. The minimum atomic E-state index is -0.102. The van der Waals surface area contributed by atoms with E-state index < -0.39 is 0 Å². The maximum atomic E-state index is 12.3. The van der Waals surface area contributed by atoms with Crippen molar-refractivity contribution in [1.29, 1.82) is 0 Å². The average molecular weight is 462 g/mol. The smallest absolute Gasteiger partial charge is 0.261 e. The van der Waals surface area contributed by atoms with Gasteiger partial charge in [-0.25, -0.2) is 9.67 Å². The highest BCUT2D eigenvalue weighted by Crippen LogP contribution is 2.34. The molecule has 4 aromatic rings. The van der Waals surface area contributed by atoms with Crippen LogP contribution in [0.25, 0.3) is 22.5 Å². The molecule has 0 unspecified atom stereocenters. The molecule has 176 valence electrons. The molecule has 3 aromatic heterocycles. The number of aryl methyl sites for hydroxylation is 1. The van der Waals surface area contributed by atoms with E-state index in [1.54, 1.807) is 6.20 Å². The minimum absolute atomic E-state index is 0.102. The van der Waals surface area contributed by atoms with Crippen molar-refractivity contribution in [2.75, 3.05) is 18.5 Å². The summed E-state index contributed by atoms with van der Waals surface area (Å²) < 4.78 is 12.9. The highest BCUT2D eigenvalue weighted by Gasteiger charge is 2.22. The summed E-state index contributed by atoms with van der Waals surface area (Å²) in [6.07, 6.45) is 5.68. The number of nitrogens with one attached hydrogen (secondary N) is 2. The molecule has 1 fully saturated rings. The monoisotopic (exact) mass is 461 g/mol. The number of hydrogen-bond donors (Lipinski definition) is 2. The fraction of sp³-hybridized carbons (Fsp3) is 0.375. The molecule has 0 spiro atoms. The van der Waals surface area contributed by atoms with E-state index in [2.05, 4.69) is 30.9 Å². The summed E-state index contributed by atoms with van der Waals surface area (Å²) in [5, 5.41) is 15.9. The van der Waals surface area contributed by atoms with Crippen molar-refractivity contribution in [3.63, 3.8) is 0 Å². The Hall–Kier alpha value is -3.79. The molecule has 0 saturated carbocycles. The largest absolute Gasteiger partial charge is 0.381 e. The van der Waals surface area contributed by atoms with Gasteiger partial charge in [0.2, 0.25) is 5.91 Å². The fourth-order valence-electron chi connectivity index (χ4n) is 4.08. The van der Waals surface area contributed by atoms with Crippen LogP contribution in [0.2, 0.25) is 0 Å². The number of fused-ring (bicyclic) bond motifs is 1. The second-order valence-corrected chi connectivity index (χ2v) is 8.23. The molecule has 4 heterocycles. The number of hydrogen-bond acceptors (Lipinski definition) is 8. The topological polar surface area (TPSA) is 120 Å². The van der Waals surface area contributed by atoms with Crippen molar-refractivity contribution in [2.45, 2.75) is 45.3 Å². The van der Waals surface area contributed by atoms with Crippen LogP contribution >= 0.6 is 0 Å². The van der Waals surface area contributed by atoms with Crippen LogP contribution < -0.4 is 10.6 Å². The van der Waals surface area contributed by atoms with Gasteiger partial charge < -0.3 is 19.9 Å². The molecule has 10 nitrogen and oxygen atoms in total. The number of rotatable bonds is 8. The summed E-state index contributed by atoms with van der Waals surface area (Å²) in [5.74, 6) is 0.646. The Morgan fingerprint density at radius 3 is 2.79 bits per heavy atom. The van der Waals surface area contributed by atoms with Crippen LogP contribution in [0.5, 0.6) is 0 Å². The zero-order chi connectivity index (χ0) is 23.3. The van der Waals surface area contributed by atoms with Gasteiger partial charge in [-0.3, -0.25) is 4.79 Å². The lowest BCUT2D eigenvalue weighted by Crippen LogP contribution is -2.28. The van der Waals surface area contributed by atoms with E-state index in [1.807, 2.05) is 48.1 Å². The quantitative estimate of drug-likeness (QED) is 0.411. The molecule has 0 aliphatic carbocycles. The van der Waals surface area contributed by atoms with Gasteiger partial charge in [0.25, 0.3) is 5.89 Å². The van der Waals surface area contributed by atoms with Crippen molar-refractivity contribution < 1.29 is 14.1 Å². The molecule has 1 amide bonds. The molecule has 0 atom stereocenters. The molecular weight excluding hydrogens is 434 g/mol. The lowest BCUT2D eigenvalue weighted by molar-refractivity contribution is -0.120. The number of anilines is 1. The van der Waals surface area contributed by atoms with Gasteiger partial charge in [-0.1, -0.05) is 35.5 Å². The summed E-state index contributed by atoms with van der Waals surface area (Å²) in [4.78, 5) is 21.4. The van der Waals surface area contributed by atoms with Crippen molar-refractivity contribution >= 4 is 22.6 Å². The van der Waals surface area contributed by atoms with E-state index in [0.717, 1.165) is 54.9 Å². The Labute approximate surface area is 196 Å². The van der Waals surface area contributed by atoms with Crippen LogP contribution in [-0.4, -0.2) is 50.1 Å². The van der Waals surface area contributed by atoms with Gasteiger partial charge in [0.05, 0.1) is 35.8 Å². The number of carbonyl (C=O) groups is 1. The SMILES string of the molecule is CCn1ncc2c(NC3CCOCC3)c(-c3nc(CNC(=O)Cc4ccccc4)no3)cnc21. The normalized spacial score (nSPS) is 14.4. The lowest BCUT2D eigenvalue weighted by atomic mass is 10.1. The van der Waals surface area contributed by atoms with Crippen LogP contribution in [0.4, 0.5) is 5.69 Å². The number of pyridine rings is 1. The summed E-state index contributed by atoms with van der Waals surface area (Å²) in [7, 11) is 0.